The molecule has 4 bridgehead atoms. The van der Waals surface area contributed by atoms with Crippen LogP contribution in [-0.4, -0.2) is 0 Å². The SMILES string of the molecule is CC1CC2C3(C)CC1CC2(C)C3. The fourth-order valence-electron chi connectivity index (χ4n) is 5.11. The van der Waals surface area contributed by atoms with Crippen LogP contribution in [0.5, 0.6) is 0 Å². The molecule has 5 saturated carbocycles. The molecular weight excluding hydrogens is 144 g/mol. The van der Waals surface area contributed by atoms with Crippen molar-refractivity contribution in [3.63, 3.8) is 0 Å². The van der Waals surface area contributed by atoms with Crippen LogP contribution in [0.2, 0.25) is 0 Å². The highest BCUT2D eigenvalue weighted by Crippen LogP contribution is 2.74. The quantitative estimate of drug-likeness (QED) is 0.514. The molecule has 3 unspecified atom stereocenters. The van der Waals surface area contributed by atoms with Gasteiger partial charge in [-0.15, -0.1) is 0 Å². The summed E-state index contributed by atoms with van der Waals surface area (Å²) in [7, 11) is 0. The highest BCUT2D eigenvalue weighted by atomic mass is 14.7. The first-order valence-corrected chi connectivity index (χ1v) is 5.54. The Morgan fingerprint density at radius 3 is 2.08 bits per heavy atom. The second kappa shape index (κ2) is 1.76. The Morgan fingerprint density at radius 2 is 1.67 bits per heavy atom. The zero-order valence-electron chi connectivity index (χ0n) is 8.56. The van der Waals surface area contributed by atoms with E-state index in [1.54, 1.807) is 12.8 Å². The molecule has 0 N–H and O–H groups in total. The van der Waals surface area contributed by atoms with Crippen molar-refractivity contribution in [2.75, 3.05) is 0 Å². The average Bonchev–Trinajstić information content (AvgIpc) is 1.95. The van der Waals surface area contributed by atoms with Gasteiger partial charge < -0.3 is 0 Å². The van der Waals surface area contributed by atoms with E-state index in [1.807, 2.05) is 0 Å². The van der Waals surface area contributed by atoms with Crippen LogP contribution in [-0.2, 0) is 0 Å². The Bertz CT molecular complexity index is 214. The molecule has 0 aromatic carbocycles. The van der Waals surface area contributed by atoms with Crippen molar-refractivity contribution in [2.24, 2.45) is 28.6 Å². The monoisotopic (exact) mass is 164 g/mol. The molecule has 5 aliphatic carbocycles. The molecule has 3 atom stereocenters. The minimum atomic E-state index is 0.782. The highest BCUT2D eigenvalue weighted by Gasteiger charge is 2.65. The summed E-state index contributed by atoms with van der Waals surface area (Å²) >= 11 is 0. The van der Waals surface area contributed by atoms with Gasteiger partial charge in [0.05, 0.1) is 0 Å². The first-order chi connectivity index (χ1) is 5.54. The van der Waals surface area contributed by atoms with Crippen molar-refractivity contribution in [1.29, 1.82) is 0 Å². The Kier molecular flexibility index (Phi) is 1.09. The van der Waals surface area contributed by atoms with E-state index in [4.69, 9.17) is 0 Å². The summed E-state index contributed by atoms with van der Waals surface area (Å²) in [6, 6.07) is 0. The number of hydrogen-bond acceptors (Lipinski definition) is 0. The van der Waals surface area contributed by atoms with Crippen LogP contribution in [0.15, 0.2) is 0 Å². The molecule has 0 aromatic heterocycles. The zero-order chi connectivity index (χ0) is 8.56. The molecule has 0 saturated heterocycles. The molecule has 12 heavy (non-hydrogen) atoms. The third-order valence-corrected chi connectivity index (χ3v) is 5.36. The van der Waals surface area contributed by atoms with Gasteiger partial charge in [0.2, 0.25) is 0 Å². The lowest BCUT2D eigenvalue weighted by Gasteiger charge is -2.72. The first-order valence-electron chi connectivity index (χ1n) is 5.54. The van der Waals surface area contributed by atoms with Crippen LogP contribution in [0.1, 0.15) is 46.5 Å². The maximum Gasteiger partial charge on any atom is -0.0284 e. The predicted octanol–water partition coefficient (Wildman–Crippen LogP) is 3.47. The minimum absolute atomic E-state index is 0.782. The molecule has 0 spiro atoms. The van der Waals surface area contributed by atoms with E-state index in [-0.39, 0.29) is 0 Å². The van der Waals surface area contributed by atoms with Gasteiger partial charge in [-0.3, -0.25) is 0 Å². The van der Waals surface area contributed by atoms with E-state index < -0.39 is 0 Å². The first kappa shape index (κ1) is 7.41. The summed E-state index contributed by atoms with van der Waals surface area (Å²) in [5, 5.41) is 0. The molecule has 5 aliphatic rings. The van der Waals surface area contributed by atoms with E-state index in [0.29, 0.717) is 0 Å². The van der Waals surface area contributed by atoms with E-state index >= 15 is 0 Å². The third-order valence-electron chi connectivity index (χ3n) is 5.36. The second-order valence-electron chi connectivity index (χ2n) is 6.42. The number of hydrogen-bond donors (Lipinski definition) is 0. The molecule has 0 aliphatic heterocycles. The van der Waals surface area contributed by atoms with E-state index in [0.717, 1.165) is 28.6 Å². The van der Waals surface area contributed by atoms with Gasteiger partial charge in [0.1, 0.15) is 0 Å². The highest BCUT2D eigenvalue weighted by molar-refractivity contribution is 5.15. The van der Waals surface area contributed by atoms with Crippen molar-refractivity contribution in [3.05, 3.63) is 0 Å². The Morgan fingerprint density at radius 1 is 1.08 bits per heavy atom. The van der Waals surface area contributed by atoms with Gasteiger partial charge in [-0.05, 0) is 54.3 Å². The van der Waals surface area contributed by atoms with Crippen molar-refractivity contribution < 1.29 is 0 Å². The topological polar surface area (TPSA) is 0 Å². The van der Waals surface area contributed by atoms with Gasteiger partial charge in [0.25, 0.3) is 0 Å². The summed E-state index contributed by atoms with van der Waals surface area (Å²) in [6.45, 7) is 7.55. The fourth-order valence-corrected chi connectivity index (χ4v) is 5.11. The van der Waals surface area contributed by atoms with Gasteiger partial charge in [0, 0.05) is 0 Å². The van der Waals surface area contributed by atoms with Gasteiger partial charge in [-0.2, -0.15) is 0 Å². The average molecular weight is 164 g/mol. The summed E-state index contributed by atoms with van der Waals surface area (Å²) < 4.78 is 0. The largest absolute Gasteiger partial charge is 0.0622 e. The molecule has 0 nitrogen and oxygen atoms in total. The molecule has 0 radical (unpaired) electrons. The van der Waals surface area contributed by atoms with Crippen molar-refractivity contribution in [2.45, 2.75) is 46.5 Å². The standard InChI is InChI=1S/C12H20/c1-8-4-10-11(2)5-9(8)6-12(10,3)7-11/h8-10H,4-7H2,1-3H3. The molecule has 0 heteroatoms. The lowest BCUT2D eigenvalue weighted by atomic mass is 9.33. The van der Waals surface area contributed by atoms with Crippen LogP contribution in [0.3, 0.4) is 0 Å². The van der Waals surface area contributed by atoms with Gasteiger partial charge in [0.15, 0.2) is 0 Å². The van der Waals surface area contributed by atoms with E-state index in [9.17, 15) is 0 Å². The van der Waals surface area contributed by atoms with Crippen LogP contribution in [0, 0.1) is 28.6 Å². The molecule has 5 fully saturated rings. The van der Waals surface area contributed by atoms with Crippen molar-refractivity contribution in [3.8, 4) is 0 Å². The second-order valence-corrected chi connectivity index (χ2v) is 6.42. The van der Waals surface area contributed by atoms with E-state index in [2.05, 4.69) is 20.8 Å². The Balaban J connectivity index is 1.98. The Hall–Kier alpha value is 0. The van der Waals surface area contributed by atoms with Crippen molar-refractivity contribution >= 4 is 0 Å². The normalized spacial score (nSPS) is 67.8. The van der Waals surface area contributed by atoms with Gasteiger partial charge in [-0.1, -0.05) is 20.8 Å². The summed E-state index contributed by atoms with van der Waals surface area (Å²) in [5.41, 5.74) is 1.56. The summed E-state index contributed by atoms with van der Waals surface area (Å²) in [4.78, 5) is 0. The third kappa shape index (κ3) is 0.625. The minimum Gasteiger partial charge on any atom is -0.0622 e. The number of fused-ring (bicyclic) bond motifs is 1. The lowest BCUT2D eigenvalue weighted by molar-refractivity contribution is -0.224. The van der Waals surface area contributed by atoms with Gasteiger partial charge >= 0.3 is 0 Å². The molecule has 68 valence electrons. The molecule has 0 aromatic rings. The van der Waals surface area contributed by atoms with Gasteiger partial charge in [-0.25, -0.2) is 0 Å². The lowest BCUT2D eigenvalue weighted by Crippen LogP contribution is -2.63. The smallest absolute Gasteiger partial charge is 0.0284 e. The molecule has 0 amide bonds. The molecule has 5 rings (SSSR count). The van der Waals surface area contributed by atoms with Crippen LogP contribution in [0.25, 0.3) is 0 Å². The zero-order valence-corrected chi connectivity index (χ0v) is 8.56. The Labute approximate surface area is 75.7 Å². The maximum absolute atomic E-state index is 2.54. The maximum atomic E-state index is 2.54. The summed E-state index contributed by atoms with van der Waals surface area (Å²) in [5.74, 6) is 3.21. The van der Waals surface area contributed by atoms with Crippen molar-refractivity contribution in [1.82, 2.24) is 0 Å². The predicted molar refractivity (Wildman–Crippen MR) is 50.8 cm³/mol. The van der Waals surface area contributed by atoms with Crippen LogP contribution >= 0.6 is 0 Å². The number of rotatable bonds is 0. The van der Waals surface area contributed by atoms with Crippen LogP contribution < -0.4 is 0 Å². The molecule has 0 heterocycles. The van der Waals surface area contributed by atoms with E-state index in [1.165, 1.54) is 12.8 Å². The fraction of sp³-hybridized carbons (Fsp3) is 1.00. The molecular formula is C12H20. The van der Waals surface area contributed by atoms with Crippen LogP contribution in [0.4, 0.5) is 0 Å². The summed E-state index contributed by atoms with van der Waals surface area (Å²) in [6.07, 6.45) is 6.18.